The Balaban J connectivity index is 1.56. The van der Waals surface area contributed by atoms with Crippen molar-refractivity contribution in [3.63, 3.8) is 0 Å². The lowest BCUT2D eigenvalue weighted by Gasteiger charge is -2.17. The molecule has 0 fully saturated rings. The highest BCUT2D eigenvalue weighted by molar-refractivity contribution is 6.00. The first-order chi connectivity index (χ1) is 15.2. The van der Waals surface area contributed by atoms with Crippen molar-refractivity contribution in [3.8, 4) is 11.4 Å². The van der Waals surface area contributed by atoms with E-state index in [-0.39, 0.29) is 5.91 Å². The number of carbonyl (C=O) groups is 1. The van der Waals surface area contributed by atoms with Crippen molar-refractivity contribution >= 4 is 11.4 Å². The number of hydrogen-bond donors (Lipinski definition) is 1. The minimum absolute atomic E-state index is 0.142. The van der Waals surface area contributed by atoms with Crippen LogP contribution in [0.5, 0.6) is 0 Å². The van der Waals surface area contributed by atoms with E-state index in [4.69, 9.17) is 4.98 Å². The molecule has 4 rings (SSSR count). The smallest absolute Gasteiger partial charge is 0.272 e. The summed E-state index contributed by atoms with van der Waals surface area (Å²) in [5.41, 5.74) is 3.35. The van der Waals surface area contributed by atoms with E-state index in [1.54, 1.807) is 6.20 Å². The monoisotopic (exact) mass is 416 g/mol. The van der Waals surface area contributed by atoms with Crippen LogP contribution in [0.3, 0.4) is 0 Å². The Morgan fingerprint density at radius 1 is 1.10 bits per heavy atom. The molecule has 0 saturated heterocycles. The molecule has 0 saturated carbocycles. The summed E-state index contributed by atoms with van der Waals surface area (Å²) in [6, 6.07) is 11.8. The van der Waals surface area contributed by atoms with Crippen molar-refractivity contribution in [1.82, 2.24) is 29.2 Å². The van der Waals surface area contributed by atoms with E-state index in [1.807, 2.05) is 53.3 Å². The number of likely N-dealkylation sites (N-methyl/N-ethyl adjacent to an activating group) is 1. The fraction of sp³-hybridized carbons (Fsp3) is 0.292. The fourth-order valence-corrected chi connectivity index (χ4v) is 3.73. The molecular formula is C24H28N6O. The fourth-order valence-electron chi connectivity index (χ4n) is 3.73. The Labute approximate surface area is 182 Å². The third-order valence-electron chi connectivity index (χ3n) is 5.47. The second-order valence-electron chi connectivity index (χ2n) is 7.46. The number of imidazole rings is 1. The van der Waals surface area contributed by atoms with E-state index < -0.39 is 0 Å². The van der Waals surface area contributed by atoms with E-state index in [0.29, 0.717) is 12.2 Å². The van der Waals surface area contributed by atoms with E-state index >= 15 is 0 Å². The lowest BCUT2D eigenvalue weighted by Crippen LogP contribution is -2.35. The van der Waals surface area contributed by atoms with Gasteiger partial charge in [-0.05, 0) is 42.9 Å². The molecule has 7 heteroatoms. The van der Waals surface area contributed by atoms with Gasteiger partial charge in [0, 0.05) is 56.2 Å². The van der Waals surface area contributed by atoms with Crippen molar-refractivity contribution in [1.29, 1.82) is 0 Å². The van der Waals surface area contributed by atoms with Crippen molar-refractivity contribution in [2.75, 3.05) is 26.2 Å². The van der Waals surface area contributed by atoms with E-state index in [1.165, 1.54) is 0 Å². The van der Waals surface area contributed by atoms with Crippen LogP contribution in [0.1, 0.15) is 29.9 Å². The third kappa shape index (κ3) is 4.67. The van der Waals surface area contributed by atoms with Gasteiger partial charge in [-0.1, -0.05) is 26.0 Å². The third-order valence-corrected chi connectivity index (χ3v) is 5.47. The molecule has 0 spiro atoms. The minimum Gasteiger partial charge on any atom is -0.349 e. The van der Waals surface area contributed by atoms with Crippen molar-refractivity contribution < 1.29 is 4.79 Å². The van der Waals surface area contributed by atoms with Gasteiger partial charge >= 0.3 is 0 Å². The van der Waals surface area contributed by atoms with Crippen LogP contribution in [-0.2, 0) is 6.54 Å². The van der Waals surface area contributed by atoms with Gasteiger partial charge in [0.2, 0.25) is 0 Å². The lowest BCUT2D eigenvalue weighted by atomic mass is 10.3. The zero-order valence-electron chi connectivity index (χ0n) is 18.0. The van der Waals surface area contributed by atoms with Gasteiger partial charge in [0.1, 0.15) is 5.82 Å². The Hall–Kier alpha value is -3.45. The number of rotatable bonds is 9. The van der Waals surface area contributed by atoms with Crippen LogP contribution in [0.25, 0.3) is 16.9 Å². The van der Waals surface area contributed by atoms with Crippen LogP contribution in [0.2, 0.25) is 0 Å². The molecule has 0 aromatic carbocycles. The van der Waals surface area contributed by atoms with Gasteiger partial charge in [-0.3, -0.25) is 14.2 Å². The quantitative estimate of drug-likeness (QED) is 0.455. The number of fused-ring (bicyclic) bond motifs is 1. The SMILES string of the molecule is CCN(CC)CCNC(=O)c1nc(-c2ccn(Cc3cccnc3)c2)n2ccccc12. The Bertz CT molecular complexity index is 1140. The highest BCUT2D eigenvalue weighted by Crippen LogP contribution is 2.23. The van der Waals surface area contributed by atoms with Gasteiger partial charge in [-0.25, -0.2) is 4.98 Å². The molecule has 31 heavy (non-hydrogen) atoms. The molecule has 0 radical (unpaired) electrons. The Morgan fingerprint density at radius 3 is 2.74 bits per heavy atom. The van der Waals surface area contributed by atoms with E-state index in [0.717, 1.165) is 48.6 Å². The first-order valence-electron chi connectivity index (χ1n) is 10.7. The summed E-state index contributed by atoms with van der Waals surface area (Å²) in [5.74, 6) is 0.617. The van der Waals surface area contributed by atoms with Gasteiger partial charge < -0.3 is 14.8 Å². The highest BCUT2D eigenvalue weighted by atomic mass is 16.1. The largest absolute Gasteiger partial charge is 0.349 e. The number of aromatic nitrogens is 4. The molecule has 0 aliphatic rings. The number of nitrogens with one attached hydrogen (secondary N) is 1. The van der Waals surface area contributed by atoms with Crippen LogP contribution in [-0.4, -0.2) is 55.9 Å². The van der Waals surface area contributed by atoms with Crippen LogP contribution in [0, 0.1) is 0 Å². The van der Waals surface area contributed by atoms with Crippen LogP contribution in [0.4, 0.5) is 0 Å². The van der Waals surface area contributed by atoms with Crippen LogP contribution in [0.15, 0.2) is 67.4 Å². The van der Waals surface area contributed by atoms with Gasteiger partial charge in [-0.15, -0.1) is 0 Å². The molecule has 4 aromatic heterocycles. The van der Waals surface area contributed by atoms with Crippen molar-refractivity contribution in [2.45, 2.75) is 20.4 Å². The molecule has 1 N–H and O–H groups in total. The molecule has 0 unspecified atom stereocenters. The van der Waals surface area contributed by atoms with Gasteiger partial charge in [0.05, 0.1) is 5.52 Å². The normalized spacial score (nSPS) is 11.3. The van der Waals surface area contributed by atoms with Gasteiger partial charge in [-0.2, -0.15) is 0 Å². The zero-order valence-corrected chi connectivity index (χ0v) is 18.0. The lowest BCUT2D eigenvalue weighted by molar-refractivity contribution is 0.0946. The summed E-state index contributed by atoms with van der Waals surface area (Å²) in [6.07, 6.45) is 9.66. The molecule has 1 amide bonds. The maximum Gasteiger partial charge on any atom is 0.272 e. The number of carbonyl (C=O) groups excluding carboxylic acids is 1. The second-order valence-corrected chi connectivity index (χ2v) is 7.46. The summed E-state index contributed by atoms with van der Waals surface area (Å²) in [4.78, 5) is 24.1. The molecule has 0 aliphatic heterocycles. The average molecular weight is 417 g/mol. The molecule has 0 bridgehead atoms. The summed E-state index contributed by atoms with van der Waals surface area (Å²) >= 11 is 0. The summed E-state index contributed by atoms with van der Waals surface area (Å²) in [6.45, 7) is 8.36. The van der Waals surface area contributed by atoms with Crippen molar-refractivity contribution in [3.05, 3.63) is 78.6 Å². The average Bonchev–Trinajstić information content (AvgIpc) is 3.42. The Kier molecular flexibility index (Phi) is 6.43. The molecule has 0 atom stereocenters. The van der Waals surface area contributed by atoms with Gasteiger partial charge in [0.15, 0.2) is 5.69 Å². The molecule has 7 nitrogen and oxygen atoms in total. The number of pyridine rings is 2. The second kappa shape index (κ2) is 9.57. The van der Waals surface area contributed by atoms with Gasteiger partial charge in [0.25, 0.3) is 5.91 Å². The number of hydrogen-bond acceptors (Lipinski definition) is 4. The maximum absolute atomic E-state index is 12.9. The molecule has 4 heterocycles. The molecule has 160 valence electrons. The first kappa shape index (κ1) is 20.8. The van der Waals surface area contributed by atoms with E-state index in [2.05, 4.69) is 45.9 Å². The van der Waals surface area contributed by atoms with E-state index in [9.17, 15) is 4.79 Å². The zero-order chi connectivity index (χ0) is 21.6. The molecule has 0 aliphatic carbocycles. The Morgan fingerprint density at radius 2 is 1.97 bits per heavy atom. The molecular weight excluding hydrogens is 388 g/mol. The van der Waals surface area contributed by atoms with Crippen molar-refractivity contribution in [2.24, 2.45) is 0 Å². The maximum atomic E-state index is 12.9. The standard InChI is InChI=1S/C24H28N6O/c1-3-28(4-2)15-12-26-24(31)22-21-9-5-6-13-30(21)23(27-22)20-10-14-29(18-20)17-19-8-7-11-25-16-19/h5-11,13-14,16,18H,3-4,12,15,17H2,1-2H3,(H,26,31). The highest BCUT2D eigenvalue weighted by Gasteiger charge is 2.18. The van der Waals surface area contributed by atoms with Crippen LogP contribution >= 0.6 is 0 Å². The summed E-state index contributed by atoms with van der Waals surface area (Å²) < 4.78 is 4.07. The number of nitrogens with zero attached hydrogens (tertiary/aromatic N) is 5. The predicted octanol–water partition coefficient (Wildman–Crippen LogP) is 3.32. The minimum atomic E-state index is -0.142. The van der Waals surface area contributed by atoms with Crippen LogP contribution < -0.4 is 5.32 Å². The first-order valence-corrected chi connectivity index (χ1v) is 10.7. The molecule has 4 aromatic rings. The summed E-state index contributed by atoms with van der Waals surface area (Å²) in [7, 11) is 0. The topological polar surface area (TPSA) is 67.5 Å². The number of amides is 1. The summed E-state index contributed by atoms with van der Waals surface area (Å²) in [5, 5.41) is 3.02. The predicted molar refractivity (Wildman–Crippen MR) is 122 cm³/mol.